The fraction of sp³-hybridized carbons (Fsp3) is 0.852. The summed E-state index contributed by atoms with van der Waals surface area (Å²) in [7, 11) is 0. The lowest BCUT2D eigenvalue weighted by Gasteiger charge is -2.58. The molecule has 1 N–H and O–H groups in total. The first-order valence-electron chi connectivity index (χ1n) is 12.3. The Balaban J connectivity index is 1.45. The topological polar surface area (TPSA) is 20.2 Å². The molecule has 0 bridgehead atoms. The first-order valence-corrected chi connectivity index (χ1v) is 12.3. The standard InChI is InChI=1S/C27H44O/c1-18(2)19(3)7-6-8-20-10-12-24-23-11-9-21-17-22(28)13-15-27(21,5)25(23)14-16-26(20,24)4/h9,18,20,22-25,28H,3,6-8,10-17H2,1-2,4-5H3/t20?,22?,23?,24-,25?,26?,27?/m0/s1. The van der Waals surface area contributed by atoms with Crippen molar-refractivity contribution in [2.45, 2.75) is 104 Å². The molecule has 0 aromatic carbocycles. The summed E-state index contributed by atoms with van der Waals surface area (Å²) in [5.41, 5.74) is 4.02. The smallest absolute Gasteiger partial charge is 0.0577 e. The average Bonchev–Trinajstić information content (AvgIpc) is 2.99. The number of hydrogen-bond acceptors (Lipinski definition) is 1. The van der Waals surface area contributed by atoms with Gasteiger partial charge in [0, 0.05) is 0 Å². The van der Waals surface area contributed by atoms with Crippen LogP contribution in [0.5, 0.6) is 0 Å². The van der Waals surface area contributed by atoms with E-state index in [4.69, 9.17) is 0 Å². The maximum absolute atomic E-state index is 10.2. The second-order valence-electron chi connectivity index (χ2n) is 11.7. The third-order valence-corrected chi connectivity index (χ3v) is 10.1. The molecule has 0 radical (unpaired) electrons. The Bertz CT molecular complexity index is 630. The second kappa shape index (κ2) is 7.60. The van der Waals surface area contributed by atoms with Crippen LogP contribution in [0.3, 0.4) is 0 Å². The maximum Gasteiger partial charge on any atom is 0.0577 e. The molecule has 6 unspecified atom stereocenters. The molecular formula is C27H44O. The molecule has 4 aliphatic rings. The van der Waals surface area contributed by atoms with E-state index in [1.165, 1.54) is 63.4 Å². The van der Waals surface area contributed by atoms with Crippen LogP contribution in [0.15, 0.2) is 23.8 Å². The first-order chi connectivity index (χ1) is 13.3. The molecule has 0 saturated heterocycles. The number of rotatable bonds is 5. The van der Waals surface area contributed by atoms with E-state index in [9.17, 15) is 5.11 Å². The van der Waals surface area contributed by atoms with Gasteiger partial charge in [-0.3, -0.25) is 0 Å². The molecule has 28 heavy (non-hydrogen) atoms. The van der Waals surface area contributed by atoms with Crippen molar-refractivity contribution in [2.75, 3.05) is 0 Å². The van der Waals surface area contributed by atoms with E-state index in [0.717, 1.165) is 36.5 Å². The molecule has 0 heterocycles. The van der Waals surface area contributed by atoms with E-state index in [-0.39, 0.29) is 6.10 Å². The van der Waals surface area contributed by atoms with Crippen molar-refractivity contribution in [1.82, 2.24) is 0 Å². The fourth-order valence-electron chi connectivity index (χ4n) is 8.09. The van der Waals surface area contributed by atoms with E-state index >= 15 is 0 Å². The zero-order valence-electron chi connectivity index (χ0n) is 19.0. The van der Waals surface area contributed by atoms with Crippen LogP contribution in [0.1, 0.15) is 98.3 Å². The minimum Gasteiger partial charge on any atom is -0.393 e. The Kier molecular flexibility index (Phi) is 5.62. The molecule has 7 atom stereocenters. The van der Waals surface area contributed by atoms with Crippen molar-refractivity contribution in [1.29, 1.82) is 0 Å². The quantitative estimate of drug-likeness (QED) is 0.493. The Hall–Kier alpha value is -0.560. The van der Waals surface area contributed by atoms with E-state index in [1.54, 1.807) is 5.57 Å². The molecule has 0 aromatic heterocycles. The van der Waals surface area contributed by atoms with Crippen molar-refractivity contribution >= 4 is 0 Å². The van der Waals surface area contributed by atoms with Gasteiger partial charge < -0.3 is 5.11 Å². The monoisotopic (exact) mass is 384 g/mol. The highest BCUT2D eigenvalue weighted by atomic mass is 16.3. The molecule has 158 valence electrons. The van der Waals surface area contributed by atoms with Gasteiger partial charge in [0.1, 0.15) is 0 Å². The van der Waals surface area contributed by atoms with Gasteiger partial charge in [-0.05, 0) is 111 Å². The summed E-state index contributed by atoms with van der Waals surface area (Å²) in [6.07, 6.45) is 16.8. The van der Waals surface area contributed by atoms with E-state index in [1.807, 2.05) is 0 Å². The summed E-state index contributed by atoms with van der Waals surface area (Å²) < 4.78 is 0. The number of allylic oxidation sites excluding steroid dienone is 2. The molecule has 3 saturated carbocycles. The molecule has 4 aliphatic carbocycles. The van der Waals surface area contributed by atoms with Crippen molar-refractivity contribution in [2.24, 2.45) is 40.4 Å². The maximum atomic E-state index is 10.2. The predicted octanol–water partition coefficient (Wildman–Crippen LogP) is 7.31. The lowest BCUT2D eigenvalue weighted by molar-refractivity contribution is -0.0508. The van der Waals surface area contributed by atoms with E-state index < -0.39 is 0 Å². The van der Waals surface area contributed by atoms with Crippen molar-refractivity contribution in [3.8, 4) is 0 Å². The minimum atomic E-state index is -0.0822. The van der Waals surface area contributed by atoms with Crippen LogP contribution in [-0.4, -0.2) is 11.2 Å². The normalized spacial score (nSPS) is 45.2. The Labute approximate surface area is 174 Å². The highest BCUT2D eigenvalue weighted by Gasteiger charge is 2.58. The summed E-state index contributed by atoms with van der Waals surface area (Å²) in [4.78, 5) is 0. The second-order valence-corrected chi connectivity index (χ2v) is 11.7. The molecule has 0 amide bonds. The highest BCUT2D eigenvalue weighted by molar-refractivity contribution is 5.25. The summed E-state index contributed by atoms with van der Waals surface area (Å²) in [5, 5.41) is 10.2. The van der Waals surface area contributed by atoms with Gasteiger partial charge in [-0.25, -0.2) is 0 Å². The Morgan fingerprint density at radius 3 is 2.68 bits per heavy atom. The van der Waals surface area contributed by atoms with E-state index in [2.05, 4.69) is 40.3 Å². The number of fused-ring (bicyclic) bond motifs is 5. The number of aliphatic hydroxyl groups excluding tert-OH is 1. The molecular weight excluding hydrogens is 340 g/mol. The number of aliphatic hydroxyl groups is 1. The van der Waals surface area contributed by atoms with Gasteiger partial charge >= 0.3 is 0 Å². The molecule has 4 rings (SSSR count). The average molecular weight is 385 g/mol. The molecule has 0 spiro atoms. The minimum absolute atomic E-state index is 0.0822. The fourth-order valence-corrected chi connectivity index (χ4v) is 8.09. The van der Waals surface area contributed by atoms with Gasteiger partial charge in [0.25, 0.3) is 0 Å². The SMILES string of the molecule is C=C(CCCC1CC[C@H]2C3CC=C4CC(O)CCC4(C)C3CCC12C)C(C)C. The van der Waals surface area contributed by atoms with Crippen molar-refractivity contribution in [3.05, 3.63) is 23.8 Å². The van der Waals surface area contributed by atoms with Crippen LogP contribution in [0.25, 0.3) is 0 Å². The Morgan fingerprint density at radius 2 is 1.93 bits per heavy atom. The largest absolute Gasteiger partial charge is 0.393 e. The van der Waals surface area contributed by atoms with Gasteiger partial charge in [0.15, 0.2) is 0 Å². The van der Waals surface area contributed by atoms with Gasteiger partial charge in [0.2, 0.25) is 0 Å². The molecule has 1 heteroatoms. The van der Waals surface area contributed by atoms with Crippen LogP contribution >= 0.6 is 0 Å². The summed E-state index contributed by atoms with van der Waals surface area (Å²) in [5.74, 6) is 4.28. The van der Waals surface area contributed by atoms with Gasteiger partial charge in [-0.1, -0.05) is 51.5 Å². The third-order valence-electron chi connectivity index (χ3n) is 10.1. The van der Waals surface area contributed by atoms with Gasteiger partial charge in [-0.15, -0.1) is 0 Å². The zero-order chi connectivity index (χ0) is 20.1. The van der Waals surface area contributed by atoms with Crippen molar-refractivity contribution < 1.29 is 5.11 Å². The van der Waals surface area contributed by atoms with Crippen molar-refractivity contribution in [3.63, 3.8) is 0 Å². The van der Waals surface area contributed by atoms with Crippen LogP contribution in [0.4, 0.5) is 0 Å². The highest BCUT2D eigenvalue weighted by Crippen LogP contribution is 2.66. The summed E-state index contributed by atoms with van der Waals surface area (Å²) >= 11 is 0. The summed E-state index contributed by atoms with van der Waals surface area (Å²) in [6, 6.07) is 0. The molecule has 3 fully saturated rings. The Morgan fingerprint density at radius 1 is 1.14 bits per heavy atom. The molecule has 0 aromatic rings. The van der Waals surface area contributed by atoms with Crippen LogP contribution in [0.2, 0.25) is 0 Å². The van der Waals surface area contributed by atoms with Crippen LogP contribution < -0.4 is 0 Å². The zero-order valence-corrected chi connectivity index (χ0v) is 19.0. The van der Waals surface area contributed by atoms with Crippen LogP contribution in [0, 0.1) is 40.4 Å². The lowest BCUT2D eigenvalue weighted by atomic mass is 9.47. The summed E-state index contributed by atoms with van der Waals surface area (Å²) in [6.45, 7) is 14.1. The predicted molar refractivity (Wildman–Crippen MR) is 119 cm³/mol. The van der Waals surface area contributed by atoms with Gasteiger partial charge in [-0.2, -0.15) is 0 Å². The van der Waals surface area contributed by atoms with Crippen LogP contribution in [-0.2, 0) is 0 Å². The van der Waals surface area contributed by atoms with Gasteiger partial charge in [0.05, 0.1) is 6.10 Å². The lowest BCUT2D eigenvalue weighted by Crippen LogP contribution is -2.50. The molecule has 0 aliphatic heterocycles. The first kappa shape index (κ1) is 20.7. The third kappa shape index (κ3) is 3.34. The number of hydrogen-bond donors (Lipinski definition) is 1. The molecule has 1 nitrogen and oxygen atoms in total. The van der Waals surface area contributed by atoms with E-state index in [0.29, 0.717) is 16.7 Å².